The van der Waals surface area contributed by atoms with Gasteiger partial charge in [0.25, 0.3) is 5.91 Å². The van der Waals surface area contributed by atoms with Crippen molar-refractivity contribution in [3.63, 3.8) is 0 Å². The van der Waals surface area contributed by atoms with Gasteiger partial charge in [-0.1, -0.05) is 18.2 Å². The molecule has 1 fully saturated rings. The minimum Gasteiger partial charge on any atom is -0.368 e. The molecule has 27 heavy (non-hydrogen) atoms. The highest BCUT2D eigenvalue weighted by molar-refractivity contribution is 7.99. The van der Waals surface area contributed by atoms with Crippen molar-refractivity contribution < 1.29 is 9.59 Å². The normalized spacial score (nSPS) is 17.1. The molecule has 1 saturated heterocycles. The van der Waals surface area contributed by atoms with Gasteiger partial charge >= 0.3 is 0 Å². The fourth-order valence-corrected chi connectivity index (χ4v) is 4.54. The Morgan fingerprint density at radius 2 is 1.85 bits per heavy atom. The van der Waals surface area contributed by atoms with Gasteiger partial charge in [-0.15, -0.1) is 11.8 Å². The number of amides is 2. The summed E-state index contributed by atoms with van der Waals surface area (Å²) in [6, 6.07) is 14.0. The first-order valence-electron chi connectivity index (χ1n) is 9.28. The summed E-state index contributed by atoms with van der Waals surface area (Å²) in [5.74, 6) is 0.816. The molecule has 2 aliphatic rings. The van der Waals surface area contributed by atoms with Crippen molar-refractivity contribution in [2.75, 3.05) is 42.1 Å². The molecule has 2 aliphatic heterocycles. The van der Waals surface area contributed by atoms with Crippen molar-refractivity contribution in [1.29, 1.82) is 0 Å². The summed E-state index contributed by atoms with van der Waals surface area (Å²) >= 11 is 1.65. The van der Waals surface area contributed by atoms with Crippen LogP contribution in [0.5, 0.6) is 0 Å². The second kappa shape index (κ2) is 7.64. The molecule has 0 atom stereocenters. The number of thioether (sulfide) groups is 1. The van der Waals surface area contributed by atoms with Crippen molar-refractivity contribution >= 4 is 35.0 Å². The van der Waals surface area contributed by atoms with Crippen LogP contribution in [0.25, 0.3) is 0 Å². The van der Waals surface area contributed by atoms with E-state index in [9.17, 15) is 9.59 Å². The topological polar surface area (TPSA) is 52.6 Å². The Bertz CT molecular complexity index is 875. The number of hydrogen-bond donors (Lipinski definition) is 1. The predicted octanol–water partition coefficient (Wildman–Crippen LogP) is 3.39. The van der Waals surface area contributed by atoms with Crippen LogP contribution in [0.4, 0.5) is 11.4 Å². The Morgan fingerprint density at radius 3 is 2.63 bits per heavy atom. The molecule has 0 aliphatic carbocycles. The first-order valence-corrected chi connectivity index (χ1v) is 10.3. The molecule has 0 bridgehead atoms. The van der Waals surface area contributed by atoms with E-state index in [1.165, 1.54) is 11.3 Å². The summed E-state index contributed by atoms with van der Waals surface area (Å²) in [4.78, 5) is 30.0. The zero-order chi connectivity index (χ0) is 18.8. The van der Waals surface area contributed by atoms with Crippen LogP contribution in [0.2, 0.25) is 0 Å². The van der Waals surface area contributed by atoms with Crippen LogP contribution in [0, 0.1) is 6.92 Å². The Hall–Kier alpha value is -2.47. The zero-order valence-corrected chi connectivity index (χ0v) is 16.2. The van der Waals surface area contributed by atoms with Crippen molar-refractivity contribution in [2.45, 2.75) is 18.2 Å². The number of carbonyl (C=O) groups excluding carboxylic acids is 2. The van der Waals surface area contributed by atoms with Crippen LogP contribution < -0.4 is 10.2 Å². The number of carbonyl (C=O) groups is 2. The average molecular weight is 382 g/mol. The van der Waals surface area contributed by atoms with Crippen molar-refractivity contribution in [2.24, 2.45) is 0 Å². The van der Waals surface area contributed by atoms with E-state index in [2.05, 4.69) is 35.3 Å². The number of para-hydroxylation sites is 1. The molecule has 140 valence electrons. The molecule has 2 amide bonds. The summed E-state index contributed by atoms with van der Waals surface area (Å²) in [7, 11) is 0. The smallest absolute Gasteiger partial charge is 0.254 e. The van der Waals surface area contributed by atoms with E-state index in [-0.39, 0.29) is 11.8 Å². The van der Waals surface area contributed by atoms with Crippen LogP contribution in [-0.4, -0.2) is 48.6 Å². The maximum absolute atomic E-state index is 13.0. The Morgan fingerprint density at radius 1 is 1.07 bits per heavy atom. The van der Waals surface area contributed by atoms with Crippen molar-refractivity contribution in [3.05, 3.63) is 53.6 Å². The summed E-state index contributed by atoms with van der Waals surface area (Å²) in [6.07, 6.45) is 0.503. The Balaban J connectivity index is 1.45. The van der Waals surface area contributed by atoms with Crippen LogP contribution in [0.3, 0.4) is 0 Å². The summed E-state index contributed by atoms with van der Waals surface area (Å²) in [5, 5.41) is 2.92. The quantitative estimate of drug-likeness (QED) is 0.866. The van der Waals surface area contributed by atoms with E-state index in [1.54, 1.807) is 11.8 Å². The number of anilines is 2. The summed E-state index contributed by atoms with van der Waals surface area (Å²) < 4.78 is 0. The van der Waals surface area contributed by atoms with Crippen molar-refractivity contribution in [3.8, 4) is 0 Å². The fourth-order valence-electron chi connectivity index (χ4n) is 3.60. The number of rotatable bonds is 2. The van der Waals surface area contributed by atoms with Gasteiger partial charge in [0.1, 0.15) is 0 Å². The summed E-state index contributed by atoms with van der Waals surface area (Å²) in [5.41, 5.74) is 3.90. The number of nitrogens with zero attached hydrogens (tertiary/aromatic N) is 2. The second-order valence-electron chi connectivity index (χ2n) is 6.92. The minimum atomic E-state index is 0.0118. The van der Waals surface area contributed by atoms with Crippen LogP contribution in [0.15, 0.2) is 47.4 Å². The minimum absolute atomic E-state index is 0.0118. The standard InChI is InChI=1S/C21H23N3O2S/c1-15-4-2-3-5-18(15)23-9-11-24(12-10-23)21(26)16-6-7-19-17(14-16)22-20(25)8-13-27-19/h2-7,14H,8-13H2,1H3,(H,22,25). The van der Waals surface area contributed by atoms with Gasteiger partial charge in [0, 0.05) is 54.5 Å². The lowest BCUT2D eigenvalue weighted by Gasteiger charge is -2.37. The average Bonchev–Trinajstić information content (AvgIpc) is 2.88. The fraction of sp³-hybridized carbons (Fsp3) is 0.333. The van der Waals surface area contributed by atoms with E-state index in [0.717, 1.165) is 29.4 Å². The van der Waals surface area contributed by atoms with Gasteiger partial charge in [-0.2, -0.15) is 0 Å². The lowest BCUT2D eigenvalue weighted by molar-refractivity contribution is -0.115. The van der Waals surface area contributed by atoms with E-state index in [4.69, 9.17) is 0 Å². The molecular weight excluding hydrogens is 358 g/mol. The molecule has 1 N–H and O–H groups in total. The molecule has 0 saturated carbocycles. The van der Waals surface area contributed by atoms with Crippen LogP contribution in [-0.2, 0) is 4.79 Å². The van der Waals surface area contributed by atoms with Gasteiger partial charge in [0.2, 0.25) is 5.91 Å². The highest BCUT2D eigenvalue weighted by Gasteiger charge is 2.24. The van der Waals surface area contributed by atoms with E-state index >= 15 is 0 Å². The number of hydrogen-bond acceptors (Lipinski definition) is 4. The lowest BCUT2D eigenvalue weighted by atomic mass is 10.1. The van der Waals surface area contributed by atoms with Gasteiger partial charge in [-0.25, -0.2) is 0 Å². The molecule has 5 nitrogen and oxygen atoms in total. The van der Waals surface area contributed by atoms with Gasteiger partial charge in [-0.3, -0.25) is 9.59 Å². The number of benzene rings is 2. The number of nitrogens with one attached hydrogen (secondary N) is 1. The van der Waals surface area contributed by atoms with Crippen LogP contribution in [0.1, 0.15) is 22.3 Å². The number of aryl methyl sites for hydroxylation is 1. The summed E-state index contributed by atoms with van der Waals surface area (Å²) in [6.45, 7) is 5.17. The number of fused-ring (bicyclic) bond motifs is 1. The third-order valence-corrected chi connectivity index (χ3v) is 6.19. The van der Waals surface area contributed by atoms with E-state index in [1.807, 2.05) is 29.2 Å². The molecule has 2 heterocycles. The Labute approximate surface area is 163 Å². The molecular formula is C21H23N3O2S. The molecule has 2 aromatic carbocycles. The third-order valence-electron chi connectivity index (χ3n) is 5.11. The molecule has 4 rings (SSSR count). The lowest BCUT2D eigenvalue weighted by Crippen LogP contribution is -2.49. The number of piperazine rings is 1. The molecule has 0 aromatic heterocycles. The molecule has 2 aromatic rings. The highest BCUT2D eigenvalue weighted by Crippen LogP contribution is 2.32. The van der Waals surface area contributed by atoms with Crippen LogP contribution >= 0.6 is 11.8 Å². The zero-order valence-electron chi connectivity index (χ0n) is 15.4. The molecule has 0 unspecified atom stereocenters. The first kappa shape index (κ1) is 17.9. The van der Waals surface area contributed by atoms with Gasteiger partial charge < -0.3 is 15.1 Å². The SMILES string of the molecule is Cc1ccccc1N1CCN(C(=O)c2ccc3c(c2)NC(=O)CCS3)CC1. The van der Waals surface area contributed by atoms with Gasteiger partial charge in [0.15, 0.2) is 0 Å². The van der Waals surface area contributed by atoms with Gasteiger partial charge in [0.05, 0.1) is 5.69 Å². The van der Waals surface area contributed by atoms with Crippen molar-refractivity contribution in [1.82, 2.24) is 4.90 Å². The predicted molar refractivity (Wildman–Crippen MR) is 110 cm³/mol. The molecule has 0 radical (unpaired) electrons. The Kier molecular flexibility index (Phi) is 5.07. The van der Waals surface area contributed by atoms with E-state index < -0.39 is 0 Å². The largest absolute Gasteiger partial charge is 0.368 e. The first-order chi connectivity index (χ1) is 13.1. The van der Waals surface area contributed by atoms with Gasteiger partial charge in [-0.05, 0) is 36.8 Å². The third kappa shape index (κ3) is 3.81. The molecule has 0 spiro atoms. The molecule has 6 heteroatoms. The second-order valence-corrected chi connectivity index (χ2v) is 8.06. The maximum Gasteiger partial charge on any atom is 0.254 e. The maximum atomic E-state index is 13.0. The van der Waals surface area contributed by atoms with E-state index in [0.29, 0.717) is 25.1 Å². The monoisotopic (exact) mass is 381 g/mol. The highest BCUT2D eigenvalue weighted by atomic mass is 32.2.